The van der Waals surface area contributed by atoms with Crippen molar-refractivity contribution in [3.63, 3.8) is 0 Å². The van der Waals surface area contributed by atoms with E-state index < -0.39 is 18.5 Å². The number of carbonyl (C=O) groups excluding carboxylic acids is 1. The molecule has 1 amide bonds. The molecule has 2 N–H and O–H groups in total. The zero-order valence-corrected chi connectivity index (χ0v) is 20.3. The molecule has 1 fully saturated rings. The molecule has 4 rings (SSSR count). The van der Waals surface area contributed by atoms with Crippen LogP contribution in [-0.4, -0.2) is 40.7 Å². The van der Waals surface area contributed by atoms with Crippen LogP contribution in [0.3, 0.4) is 0 Å². The largest absolute Gasteiger partial charge is 0.479 e. The van der Waals surface area contributed by atoms with Gasteiger partial charge in [-0.25, -0.2) is 9.59 Å². The number of thiophene rings is 1. The first-order chi connectivity index (χ1) is 16.9. The van der Waals surface area contributed by atoms with Gasteiger partial charge in [0.05, 0.1) is 4.88 Å². The predicted octanol–water partition coefficient (Wildman–Crippen LogP) is 6.21. The lowest BCUT2D eigenvalue weighted by Gasteiger charge is -2.34. The minimum absolute atomic E-state index is 0.0319. The van der Waals surface area contributed by atoms with E-state index in [0.717, 1.165) is 43.4 Å². The van der Waals surface area contributed by atoms with Crippen LogP contribution in [0.2, 0.25) is 5.02 Å². The summed E-state index contributed by atoms with van der Waals surface area (Å²) < 4.78 is 5.20. The summed E-state index contributed by atoms with van der Waals surface area (Å²) >= 11 is 7.39. The van der Waals surface area contributed by atoms with Crippen molar-refractivity contribution in [3.8, 4) is 16.2 Å². The summed E-state index contributed by atoms with van der Waals surface area (Å²) in [6, 6.07) is 16.4. The molecule has 0 saturated heterocycles. The molecule has 3 aromatic rings. The van der Waals surface area contributed by atoms with Crippen LogP contribution in [-0.2, 0) is 4.79 Å². The van der Waals surface area contributed by atoms with E-state index in [2.05, 4.69) is 0 Å². The van der Waals surface area contributed by atoms with Gasteiger partial charge in [-0.1, -0.05) is 61.2 Å². The van der Waals surface area contributed by atoms with Crippen LogP contribution in [0.5, 0.6) is 5.75 Å². The lowest BCUT2D eigenvalue weighted by molar-refractivity contribution is -0.139. The van der Waals surface area contributed by atoms with Gasteiger partial charge < -0.3 is 19.8 Å². The molecule has 1 aliphatic rings. The Kier molecular flexibility index (Phi) is 7.73. The number of nitrogens with zero attached hydrogens (tertiary/aromatic N) is 1. The number of benzene rings is 2. The van der Waals surface area contributed by atoms with Crippen LogP contribution in [0.1, 0.15) is 52.1 Å². The molecule has 0 bridgehead atoms. The second-order valence-corrected chi connectivity index (χ2v) is 9.67. The van der Waals surface area contributed by atoms with Gasteiger partial charge in [0.25, 0.3) is 5.91 Å². The fourth-order valence-corrected chi connectivity index (χ4v) is 5.74. The molecule has 0 spiro atoms. The Bertz CT molecular complexity index is 1240. The third kappa shape index (κ3) is 5.49. The number of anilines is 1. The number of hydrogen-bond acceptors (Lipinski definition) is 5. The summed E-state index contributed by atoms with van der Waals surface area (Å²) in [6.07, 6.45) is 5.04. The van der Waals surface area contributed by atoms with Crippen molar-refractivity contribution in [1.82, 2.24) is 0 Å². The van der Waals surface area contributed by atoms with Crippen molar-refractivity contribution in [2.45, 2.75) is 38.1 Å². The smallest absolute Gasteiger partial charge is 0.349 e. The Morgan fingerprint density at radius 2 is 1.71 bits per heavy atom. The number of hydrogen-bond donors (Lipinski definition) is 2. The average molecular weight is 514 g/mol. The number of carbonyl (C=O) groups is 3. The van der Waals surface area contributed by atoms with Crippen molar-refractivity contribution in [2.24, 2.45) is 0 Å². The average Bonchev–Trinajstić information content (AvgIpc) is 3.20. The van der Waals surface area contributed by atoms with Gasteiger partial charge in [0.15, 0.2) is 17.2 Å². The summed E-state index contributed by atoms with van der Waals surface area (Å²) in [5.41, 5.74) is 1.90. The van der Waals surface area contributed by atoms with Gasteiger partial charge in [-0.05, 0) is 42.7 Å². The molecule has 0 radical (unpaired) electrons. The highest BCUT2D eigenvalue weighted by Crippen LogP contribution is 2.46. The van der Waals surface area contributed by atoms with Crippen LogP contribution in [0.4, 0.5) is 5.69 Å². The maximum Gasteiger partial charge on any atom is 0.349 e. The standard InChI is InChI=1S/C26H24ClNO6S/c27-21-22(34-15-20(29)30)24(26(32)33)35-23(21)17-10-7-13-19(14-17)28(18-11-5-2-6-12-18)25(31)16-8-3-1-4-9-16/h1,3-4,7-10,13-14,18H,2,5-6,11-12,15H2,(H,29,30)(H,32,33). The first-order valence-electron chi connectivity index (χ1n) is 11.3. The van der Waals surface area contributed by atoms with Crippen LogP contribution in [0.15, 0.2) is 54.6 Å². The van der Waals surface area contributed by atoms with Crippen LogP contribution in [0, 0.1) is 0 Å². The number of aliphatic carboxylic acids is 1. The molecule has 0 unspecified atom stereocenters. The van der Waals surface area contributed by atoms with Gasteiger partial charge in [0, 0.05) is 17.3 Å². The topological polar surface area (TPSA) is 104 Å². The molecule has 0 aliphatic heterocycles. The molecule has 9 heteroatoms. The molecule has 1 aromatic heterocycles. The van der Waals surface area contributed by atoms with Gasteiger partial charge in [0.1, 0.15) is 5.02 Å². The monoisotopic (exact) mass is 513 g/mol. The summed E-state index contributed by atoms with van der Waals surface area (Å²) in [5, 5.41) is 18.6. The molecular weight excluding hydrogens is 490 g/mol. The molecule has 182 valence electrons. The minimum atomic E-state index is -1.26. The third-order valence-electron chi connectivity index (χ3n) is 5.91. The van der Waals surface area contributed by atoms with Crippen molar-refractivity contribution < 1.29 is 29.3 Å². The maximum atomic E-state index is 13.6. The zero-order chi connectivity index (χ0) is 24.9. The second kappa shape index (κ2) is 10.9. The molecule has 0 atom stereocenters. The van der Waals surface area contributed by atoms with E-state index in [4.69, 9.17) is 21.4 Å². The Hall–Kier alpha value is -3.36. The van der Waals surface area contributed by atoms with Gasteiger partial charge in [0.2, 0.25) is 0 Å². The highest BCUT2D eigenvalue weighted by Gasteiger charge is 2.29. The number of carboxylic acid groups (broad SMARTS) is 2. The van der Waals surface area contributed by atoms with Gasteiger partial charge >= 0.3 is 11.9 Å². The molecule has 1 saturated carbocycles. The first kappa shape index (κ1) is 24.8. The van der Waals surface area contributed by atoms with E-state index in [1.807, 2.05) is 35.2 Å². The number of aromatic carboxylic acids is 1. The van der Waals surface area contributed by atoms with Gasteiger partial charge in [-0.3, -0.25) is 4.79 Å². The predicted molar refractivity (Wildman–Crippen MR) is 135 cm³/mol. The van der Waals surface area contributed by atoms with E-state index in [9.17, 15) is 19.5 Å². The maximum absolute atomic E-state index is 13.6. The Balaban J connectivity index is 1.76. The van der Waals surface area contributed by atoms with E-state index in [1.165, 1.54) is 0 Å². The summed E-state index contributed by atoms with van der Waals surface area (Å²) in [4.78, 5) is 38.4. The van der Waals surface area contributed by atoms with Crippen molar-refractivity contribution in [1.29, 1.82) is 0 Å². The Morgan fingerprint density at radius 3 is 2.37 bits per heavy atom. The van der Waals surface area contributed by atoms with Crippen LogP contribution < -0.4 is 9.64 Å². The number of rotatable bonds is 8. The van der Waals surface area contributed by atoms with E-state index >= 15 is 0 Å². The van der Waals surface area contributed by atoms with Crippen LogP contribution in [0.25, 0.3) is 10.4 Å². The number of carboxylic acids is 2. The quantitative estimate of drug-likeness (QED) is 0.371. The number of ether oxygens (including phenoxy) is 1. The fourth-order valence-electron chi connectivity index (χ4n) is 4.34. The molecule has 1 aliphatic carbocycles. The molecule has 2 aromatic carbocycles. The Morgan fingerprint density at radius 1 is 1.00 bits per heavy atom. The summed E-state index contributed by atoms with van der Waals surface area (Å²) in [5.74, 6) is -2.77. The molecule has 35 heavy (non-hydrogen) atoms. The molecule has 7 nitrogen and oxygen atoms in total. The van der Waals surface area contributed by atoms with E-state index in [0.29, 0.717) is 21.7 Å². The highest BCUT2D eigenvalue weighted by molar-refractivity contribution is 7.18. The third-order valence-corrected chi connectivity index (χ3v) is 7.59. The zero-order valence-electron chi connectivity index (χ0n) is 18.8. The summed E-state index contributed by atoms with van der Waals surface area (Å²) in [7, 11) is 0. The number of amides is 1. The fraction of sp³-hybridized carbons (Fsp3) is 0.269. The minimum Gasteiger partial charge on any atom is -0.479 e. The van der Waals surface area contributed by atoms with E-state index in [1.54, 1.807) is 24.3 Å². The van der Waals surface area contributed by atoms with Crippen LogP contribution >= 0.6 is 22.9 Å². The van der Waals surface area contributed by atoms with E-state index in [-0.39, 0.29) is 27.6 Å². The number of halogens is 1. The van der Waals surface area contributed by atoms with Crippen molar-refractivity contribution in [3.05, 3.63) is 70.1 Å². The Labute approximate surface area is 211 Å². The first-order valence-corrected chi connectivity index (χ1v) is 12.5. The normalized spacial score (nSPS) is 13.9. The molecular formula is C26H24ClNO6S. The van der Waals surface area contributed by atoms with Gasteiger partial charge in [-0.15, -0.1) is 11.3 Å². The SMILES string of the molecule is O=C(O)COc1c(C(=O)O)sc(-c2cccc(N(C(=O)c3ccccc3)C3CCCCC3)c2)c1Cl. The van der Waals surface area contributed by atoms with Gasteiger partial charge in [-0.2, -0.15) is 0 Å². The highest BCUT2D eigenvalue weighted by atomic mass is 35.5. The lowest BCUT2D eigenvalue weighted by atomic mass is 9.93. The molecule has 1 heterocycles. The van der Waals surface area contributed by atoms with Crippen molar-refractivity contribution >= 4 is 46.5 Å². The summed E-state index contributed by atoms with van der Waals surface area (Å²) in [6.45, 7) is -0.711. The van der Waals surface area contributed by atoms with Crippen molar-refractivity contribution in [2.75, 3.05) is 11.5 Å². The second-order valence-electron chi connectivity index (χ2n) is 8.27. The lowest BCUT2D eigenvalue weighted by Crippen LogP contribution is -2.41.